The van der Waals surface area contributed by atoms with Crippen molar-refractivity contribution in [2.24, 2.45) is 5.73 Å². The van der Waals surface area contributed by atoms with E-state index in [2.05, 4.69) is 37.4 Å². The van der Waals surface area contributed by atoms with E-state index >= 15 is 0 Å². The van der Waals surface area contributed by atoms with Gasteiger partial charge in [-0.2, -0.15) is 0 Å². The van der Waals surface area contributed by atoms with Crippen molar-refractivity contribution in [1.29, 1.82) is 0 Å². The summed E-state index contributed by atoms with van der Waals surface area (Å²) in [6.45, 7) is 7.76. The maximum absolute atomic E-state index is 11.5. The Hall–Kier alpha value is -1.06. The van der Waals surface area contributed by atoms with E-state index in [4.69, 9.17) is 5.73 Å². The number of nitrogens with two attached hydrogens (primary N) is 1. The number of nitrogens with one attached hydrogen (secondary N) is 1. The Balaban J connectivity index is 0.00000256. The molecule has 0 aliphatic rings. The van der Waals surface area contributed by atoms with Crippen molar-refractivity contribution in [2.45, 2.75) is 39.8 Å². The van der Waals surface area contributed by atoms with Crippen LogP contribution in [0.5, 0.6) is 0 Å². The normalized spacial score (nSPS) is 13.5. The number of hydrogen-bond acceptors (Lipinski definition) is 2. The Morgan fingerprint density at radius 3 is 2.35 bits per heavy atom. The van der Waals surface area contributed by atoms with Crippen molar-refractivity contribution in [2.75, 3.05) is 0 Å². The van der Waals surface area contributed by atoms with E-state index < -0.39 is 6.04 Å². The second kappa shape index (κ2) is 6.62. The first-order chi connectivity index (χ1) is 7.41. The first-order valence-electron chi connectivity index (χ1n) is 5.55. The summed E-state index contributed by atoms with van der Waals surface area (Å²) >= 11 is 0. The fourth-order valence-corrected chi connectivity index (χ4v) is 1.73. The van der Waals surface area contributed by atoms with Gasteiger partial charge in [0, 0.05) is 0 Å². The van der Waals surface area contributed by atoms with E-state index in [-0.39, 0.29) is 24.4 Å². The Bertz CT molecular complexity index is 391. The fraction of sp³-hybridized carbons (Fsp3) is 0.462. The summed E-state index contributed by atoms with van der Waals surface area (Å²) in [5.74, 6) is -0.118. The molecule has 0 aliphatic carbocycles. The predicted molar refractivity (Wildman–Crippen MR) is 73.4 cm³/mol. The monoisotopic (exact) mass is 256 g/mol. The highest BCUT2D eigenvalue weighted by Crippen LogP contribution is 2.18. The summed E-state index contributed by atoms with van der Waals surface area (Å²) in [5, 5.41) is 2.89. The molecule has 1 unspecified atom stereocenters. The minimum atomic E-state index is -0.465. The Morgan fingerprint density at radius 1 is 1.29 bits per heavy atom. The van der Waals surface area contributed by atoms with Crippen LogP contribution in [0.1, 0.15) is 36.6 Å². The summed E-state index contributed by atoms with van der Waals surface area (Å²) in [5.41, 5.74) is 9.07. The van der Waals surface area contributed by atoms with E-state index in [1.54, 1.807) is 6.92 Å². The molecule has 0 saturated carbocycles. The largest absolute Gasteiger partial charge is 0.348 e. The summed E-state index contributed by atoms with van der Waals surface area (Å²) in [6, 6.07) is 5.75. The molecule has 0 spiro atoms. The SMILES string of the molecule is Cc1ccc(C(C)NC(=O)[C@H](C)N)c(C)c1.Cl. The number of rotatable bonds is 3. The van der Waals surface area contributed by atoms with Crippen molar-refractivity contribution in [3.05, 3.63) is 34.9 Å². The highest BCUT2D eigenvalue weighted by atomic mass is 35.5. The zero-order valence-electron chi connectivity index (χ0n) is 10.8. The summed E-state index contributed by atoms with van der Waals surface area (Å²) < 4.78 is 0. The molecule has 4 heteroatoms. The van der Waals surface area contributed by atoms with Gasteiger partial charge < -0.3 is 11.1 Å². The lowest BCUT2D eigenvalue weighted by atomic mass is 10.00. The number of carbonyl (C=O) groups is 1. The highest BCUT2D eigenvalue weighted by Gasteiger charge is 2.13. The van der Waals surface area contributed by atoms with Gasteiger partial charge in [-0.05, 0) is 38.8 Å². The molecule has 2 atom stereocenters. The third-order valence-corrected chi connectivity index (χ3v) is 2.66. The molecule has 1 rings (SSSR count). The van der Waals surface area contributed by atoms with Crippen LogP contribution >= 0.6 is 12.4 Å². The zero-order chi connectivity index (χ0) is 12.3. The molecule has 0 aliphatic heterocycles. The number of aryl methyl sites for hydroxylation is 2. The third kappa shape index (κ3) is 4.36. The van der Waals surface area contributed by atoms with Gasteiger partial charge in [0.15, 0.2) is 0 Å². The van der Waals surface area contributed by atoms with E-state index in [0.29, 0.717) is 0 Å². The molecular formula is C13H21ClN2O. The van der Waals surface area contributed by atoms with Crippen molar-refractivity contribution in [3.63, 3.8) is 0 Å². The predicted octanol–water partition coefficient (Wildman–Crippen LogP) is 2.25. The molecule has 1 amide bonds. The fourth-order valence-electron chi connectivity index (χ4n) is 1.73. The van der Waals surface area contributed by atoms with Crippen LogP contribution in [-0.4, -0.2) is 11.9 Å². The van der Waals surface area contributed by atoms with Gasteiger partial charge in [0.1, 0.15) is 0 Å². The van der Waals surface area contributed by atoms with Crippen LogP contribution in [-0.2, 0) is 4.79 Å². The first-order valence-corrected chi connectivity index (χ1v) is 5.55. The minimum absolute atomic E-state index is 0. The molecule has 3 nitrogen and oxygen atoms in total. The maximum atomic E-state index is 11.5. The highest BCUT2D eigenvalue weighted by molar-refractivity contribution is 5.85. The molecule has 1 aromatic carbocycles. The van der Waals surface area contributed by atoms with E-state index in [0.717, 1.165) is 5.56 Å². The number of halogens is 1. The second-order valence-corrected chi connectivity index (χ2v) is 4.38. The minimum Gasteiger partial charge on any atom is -0.348 e. The van der Waals surface area contributed by atoms with Gasteiger partial charge in [0.05, 0.1) is 12.1 Å². The topological polar surface area (TPSA) is 55.1 Å². The number of amides is 1. The Labute approximate surface area is 109 Å². The molecular weight excluding hydrogens is 236 g/mol. The van der Waals surface area contributed by atoms with E-state index in [1.165, 1.54) is 11.1 Å². The smallest absolute Gasteiger partial charge is 0.237 e. The van der Waals surface area contributed by atoms with Crippen LogP contribution < -0.4 is 11.1 Å². The van der Waals surface area contributed by atoms with Crippen molar-refractivity contribution in [3.8, 4) is 0 Å². The maximum Gasteiger partial charge on any atom is 0.237 e. The molecule has 0 aromatic heterocycles. The van der Waals surface area contributed by atoms with Crippen LogP contribution in [0.25, 0.3) is 0 Å². The van der Waals surface area contributed by atoms with Gasteiger partial charge >= 0.3 is 0 Å². The number of carbonyl (C=O) groups excluding carboxylic acids is 1. The molecule has 0 bridgehead atoms. The third-order valence-electron chi connectivity index (χ3n) is 2.66. The molecule has 96 valence electrons. The Kier molecular flexibility index (Phi) is 6.21. The molecule has 3 N–H and O–H groups in total. The van der Waals surface area contributed by atoms with E-state index in [9.17, 15) is 4.79 Å². The lowest BCUT2D eigenvalue weighted by Crippen LogP contribution is -2.39. The van der Waals surface area contributed by atoms with Crippen molar-refractivity contribution in [1.82, 2.24) is 5.32 Å². The standard InChI is InChI=1S/C13H20N2O.ClH/c1-8-5-6-12(9(2)7-8)11(4)15-13(16)10(3)14;/h5-7,10-11H,14H2,1-4H3,(H,15,16);1H/t10-,11?;/m0./s1. The van der Waals surface area contributed by atoms with Gasteiger partial charge in [-0.1, -0.05) is 23.8 Å². The average molecular weight is 257 g/mol. The van der Waals surface area contributed by atoms with E-state index in [1.807, 2.05) is 6.92 Å². The molecule has 1 aromatic rings. The number of benzene rings is 1. The molecule has 0 heterocycles. The van der Waals surface area contributed by atoms with Crippen LogP contribution in [0.2, 0.25) is 0 Å². The lowest BCUT2D eigenvalue weighted by molar-refractivity contribution is -0.122. The molecule has 0 fully saturated rings. The zero-order valence-corrected chi connectivity index (χ0v) is 11.6. The van der Waals surface area contributed by atoms with Gasteiger partial charge in [0.25, 0.3) is 0 Å². The second-order valence-electron chi connectivity index (χ2n) is 4.38. The van der Waals surface area contributed by atoms with Crippen LogP contribution in [0.15, 0.2) is 18.2 Å². The van der Waals surface area contributed by atoms with Gasteiger partial charge in [-0.3, -0.25) is 4.79 Å². The Morgan fingerprint density at radius 2 is 1.88 bits per heavy atom. The van der Waals surface area contributed by atoms with Gasteiger partial charge in [-0.15, -0.1) is 12.4 Å². The van der Waals surface area contributed by atoms with Crippen LogP contribution in [0.4, 0.5) is 0 Å². The molecule has 0 radical (unpaired) electrons. The van der Waals surface area contributed by atoms with Crippen LogP contribution in [0.3, 0.4) is 0 Å². The molecule has 0 saturated heterocycles. The van der Waals surface area contributed by atoms with Gasteiger partial charge in [0.2, 0.25) is 5.91 Å². The summed E-state index contributed by atoms with van der Waals surface area (Å²) in [4.78, 5) is 11.5. The van der Waals surface area contributed by atoms with Crippen molar-refractivity contribution >= 4 is 18.3 Å². The first kappa shape index (κ1) is 15.9. The average Bonchev–Trinajstić information content (AvgIpc) is 2.16. The number of hydrogen-bond donors (Lipinski definition) is 2. The van der Waals surface area contributed by atoms with Gasteiger partial charge in [-0.25, -0.2) is 0 Å². The lowest BCUT2D eigenvalue weighted by Gasteiger charge is -2.18. The summed E-state index contributed by atoms with van der Waals surface area (Å²) in [6.07, 6.45) is 0. The van der Waals surface area contributed by atoms with Crippen LogP contribution in [0, 0.1) is 13.8 Å². The molecule has 17 heavy (non-hydrogen) atoms. The summed E-state index contributed by atoms with van der Waals surface area (Å²) in [7, 11) is 0. The quantitative estimate of drug-likeness (QED) is 0.872. The van der Waals surface area contributed by atoms with Crippen molar-refractivity contribution < 1.29 is 4.79 Å².